The Morgan fingerprint density at radius 2 is 2.25 bits per heavy atom. The van der Waals surface area contributed by atoms with Crippen molar-refractivity contribution < 1.29 is 4.79 Å². The van der Waals surface area contributed by atoms with Gasteiger partial charge in [-0.2, -0.15) is 0 Å². The van der Waals surface area contributed by atoms with E-state index in [-0.39, 0.29) is 0 Å². The Morgan fingerprint density at radius 3 is 3.00 bits per heavy atom. The smallest absolute Gasteiger partial charge is 0.241 e. The highest BCUT2D eigenvalue weighted by atomic mass is 16.1. The van der Waals surface area contributed by atoms with E-state index >= 15 is 0 Å². The van der Waals surface area contributed by atoms with E-state index in [1.54, 1.807) is 12.3 Å². The Morgan fingerprint density at radius 1 is 1.45 bits per heavy atom. The first-order valence-corrected chi connectivity index (χ1v) is 6.94. The van der Waals surface area contributed by atoms with Crippen molar-refractivity contribution in [2.24, 2.45) is 5.73 Å². The molecule has 0 radical (unpaired) electrons. The topological polar surface area (TPSA) is 83.8 Å². The molecule has 5 heteroatoms. The second-order valence-electron chi connectivity index (χ2n) is 5.19. The zero-order chi connectivity index (χ0) is 13.9. The minimum atomic E-state index is -0.450. The van der Waals surface area contributed by atoms with Gasteiger partial charge in [-0.1, -0.05) is 12.8 Å². The minimum absolute atomic E-state index is 0.450. The quantitative estimate of drug-likeness (QED) is 0.746. The lowest BCUT2D eigenvalue weighted by molar-refractivity contribution is -0.113. The van der Waals surface area contributed by atoms with Gasteiger partial charge in [0.2, 0.25) is 5.91 Å². The summed E-state index contributed by atoms with van der Waals surface area (Å²) in [6, 6.07) is 2.51. The molecule has 0 unspecified atom stereocenters. The fraction of sp³-hybridized carbons (Fsp3) is 0.333. The van der Waals surface area contributed by atoms with Gasteiger partial charge in [0.1, 0.15) is 5.65 Å². The van der Waals surface area contributed by atoms with Crippen LogP contribution in [0.3, 0.4) is 0 Å². The molecule has 0 spiro atoms. The molecule has 1 aliphatic rings. The van der Waals surface area contributed by atoms with Crippen LogP contribution in [-0.2, 0) is 4.79 Å². The standard InChI is InChI=1S/C15H18N4O/c16-13(20)6-5-10-9-18-15-14(10)12(7-8-17-15)19-11-3-1-2-4-11/h5-9,11H,1-4H2,(H2,16,20)(H2,17,18,19). The number of H-pyrrole nitrogens is 1. The van der Waals surface area contributed by atoms with Crippen LogP contribution in [0.25, 0.3) is 17.1 Å². The highest BCUT2D eigenvalue weighted by Gasteiger charge is 2.16. The molecule has 2 aromatic heterocycles. The molecule has 0 atom stereocenters. The molecule has 1 amide bonds. The van der Waals surface area contributed by atoms with Crippen LogP contribution in [0.4, 0.5) is 5.69 Å². The number of fused-ring (bicyclic) bond motifs is 1. The molecule has 3 rings (SSSR count). The Balaban J connectivity index is 1.97. The van der Waals surface area contributed by atoms with Crippen LogP contribution < -0.4 is 11.1 Å². The van der Waals surface area contributed by atoms with Crippen molar-refractivity contribution in [3.63, 3.8) is 0 Å². The van der Waals surface area contributed by atoms with E-state index in [9.17, 15) is 4.79 Å². The summed E-state index contributed by atoms with van der Waals surface area (Å²) in [7, 11) is 0. The SMILES string of the molecule is NC(=O)C=Cc1c[nH]c2nccc(NC3CCCC3)c12. The third-order valence-electron chi connectivity index (χ3n) is 3.75. The molecule has 1 fully saturated rings. The van der Waals surface area contributed by atoms with Crippen LogP contribution >= 0.6 is 0 Å². The van der Waals surface area contributed by atoms with Crippen molar-refractivity contribution in [1.29, 1.82) is 0 Å². The van der Waals surface area contributed by atoms with E-state index in [1.165, 1.54) is 31.8 Å². The van der Waals surface area contributed by atoms with E-state index in [0.29, 0.717) is 6.04 Å². The molecule has 1 aliphatic carbocycles. The lowest BCUT2D eigenvalue weighted by Gasteiger charge is -2.14. The van der Waals surface area contributed by atoms with Crippen LogP contribution in [0.1, 0.15) is 31.2 Å². The van der Waals surface area contributed by atoms with Gasteiger partial charge >= 0.3 is 0 Å². The number of amides is 1. The number of nitrogens with zero attached hydrogens (tertiary/aromatic N) is 1. The van der Waals surface area contributed by atoms with Gasteiger partial charge in [-0.15, -0.1) is 0 Å². The van der Waals surface area contributed by atoms with E-state index in [4.69, 9.17) is 5.73 Å². The summed E-state index contributed by atoms with van der Waals surface area (Å²) < 4.78 is 0. The molecule has 0 bridgehead atoms. The van der Waals surface area contributed by atoms with Crippen LogP contribution in [0, 0.1) is 0 Å². The summed E-state index contributed by atoms with van der Waals surface area (Å²) >= 11 is 0. The molecular weight excluding hydrogens is 252 g/mol. The third kappa shape index (κ3) is 2.52. The van der Waals surface area contributed by atoms with Crippen LogP contribution in [-0.4, -0.2) is 21.9 Å². The maximum absolute atomic E-state index is 10.9. The monoisotopic (exact) mass is 270 g/mol. The Bertz CT molecular complexity index is 653. The zero-order valence-corrected chi connectivity index (χ0v) is 11.2. The van der Waals surface area contributed by atoms with Gasteiger partial charge in [-0.05, 0) is 25.0 Å². The molecule has 1 saturated carbocycles. The van der Waals surface area contributed by atoms with Gasteiger partial charge in [0, 0.05) is 41.1 Å². The van der Waals surface area contributed by atoms with Crippen molar-refractivity contribution >= 4 is 28.7 Å². The molecule has 4 N–H and O–H groups in total. The number of aromatic nitrogens is 2. The summed E-state index contributed by atoms with van der Waals surface area (Å²) in [6.45, 7) is 0. The molecule has 20 heavy (non-hydrogen) atoms. The van der Waals surface area contributed by atoms with E-state index in [1.807, 2.05) is 12.3 Å². The number of aromatic amines is 1. The van der Waals surface area contributed by atoms with Crippen LogP contribution in [0.2, 0.25) is 0 Å². The minimum Gasteiger partial charge on any atom is -0.382 e. The van der Waals surface area contributed by atoms with Crippen molar-refractivity contribution in [2.45, 2.75) is 31.7 Å². The number of pyridine rings is 1. The maximum Gasteiger partial charge on any atom is 0.241 e. The van der Waals surface area contributed by atoms with E-state index in [0.717, 1.165) is 22.3 Å². The number of carbonyl (C=O) groups excluding carboxylic acids is 1. The number of rotatable bonds is 4. The van der Waals surface area contributed by atoms with Gasteiger partial charge in [0.15, 0.2) is 0 Å². The summed E-state index contributed by atoms with van der Waals surface area (Å²) in [5, 5.41) is 4.60. The lowest BCUT2D eigenvalue weighted by Crippen LogP contribution is -2.14. The van der Waals surface area contributed by atoms with Crippen molar-refractivity contribution in [3.05, 3.63) is 30.1 Å². The van der Waals surface area contributed by atoms with Crippen LogP contribution in [0.5, 0.6) is 0 Å². The zero-order valence-electron chi connectivity index (χ0n) is 11.2. The van der Waals surface area contributed by atoms with Gasteiger partial charge in [0.05, 0.1) is 0 Å². The predicted molar refractivity (Wildman–Crippen MR) is 80.2 cm³/mol. The summed E-state index contributed by atoms with van der Waals surface area (Å²) in [5.41, 5.74) is 7.96. The highest BCUT2D eigenvalue weighted by molar-refractivity contribution is 5.99. The Kier molecular flexibility index (Phi) is 3.41. The van der Waals surface area contributed by atoms with Crippen molar-refractivity contribution in [3.8, 4) is 0 Å². The fourth-order valence-electron chi connectivity index (χ4n) is 2.80. The second kappa shape index (κ2) is 5.36. The van der Waals surface area contributed by atoms with Gasteiger partial charge in [0.25, 0.3) is 0 Å². The average molecular weight is 270 g/mol. The maximum atomic E-state index is 10.9. The van der Waals surface area contributed by atoms with Gasteiger partial charge < -0.3 is 16.0 Å². The average Bonchev–Trinajstić information content (AvgIpc) is 3.06. The number of primary amides is 1. The summed E-state index contributed by atoms with van der Waals surface area (Å²) in [4.78, 5) is 18.3. The van der Waals surface area contributed by atoms with Gasteiger partial charge in [-0.3, -0.25) is 4.79 Å². The number of nitrogens with two attached hydrogens (primary N) is 1. The summed E-state index contributed by atoms with van der Waals surface area (Å²) in [6.07, 6.45) is 11.7. The molecule has 2 heterocycles. The van der Waals surface area contributed by atoms with E-state index < -0.39 is 5.91 Å². The predicted octanol–water partition coefficient (Wildman–Crippen LogP) is 2.42. The van der Waals surface area contributed by atoms with Crippen LogP contribution in [0.15, 0.2) is 24.5 Å². The van der Waals surface area contributed by atoms with E-state index in [2.05, 4.69) is 15.3 Å². The molecule has 0 aliphatic heterocycles. The first-order valence-electron chi connectivity index (χ1n) is 6.94. The normalized spacial score (nSPS) is 16.2. The van der Waals surface area contributed by atoms with Crippen molar-refractivity contribution in [1.82, 2.24) is 9.97 Å². The highest BCUT2D eigenvalue weighted by Crippen LogP contribution is 2.29. The Hall–Kier alpha value is -2.30. The molecule has 0 saturated heterocycles. The molecule has 104 valence electrons. The number of carbonyl (C=O) groups is 1. The first kappa shape index (κ1) is 12.7. The Labute approximate surface area is 117 Å². The van der Waals surface area contributed by atoms with Gasteiger partial charge in [-0.25, -0.2) is 4.98 Å². The second-order valence-corrected chi connectivity index (χ2v) is 5.19. The van der Waals surface area contributed by atoms with Crippen molar-refractivity contribution in [2.75, 3.05) is 5.32 Å². The fourth-order valence-corrected chi connectivity index (χ4v) is 2.80. The largest absolute Gasteiger partial charge is 0.382 e. The summed E-state index contributed by atoms with van der Waals surface area (Å²) in [5.74, 6) is -0.450. The number of anilines is 1. The number of hydrogen-bond donors (Lipinski definition) is 3. The molecular formula is C15H18N4O. The molecule has 2 aromatic rings. The lowest BCUT2D eigenvalue weighted by atomic mass is 10.1. The molecule has 5 nitrogen and oxygen atoms in total. The molecule has 0 aromatic carbocycles. The third-order valence-corrected chi connectivity index (χ3v) is 3.75. The number of nitrogens with one attached hydrogen (secondary N) is 2. The number of hydrogen-bond acceptors (Lipinski definition) is 3. The first-order chi connectivity index (χ1) is 9.74.